The fourth-order valence-electron chi connectivity index (χ4n) is 0.965. The smallest absolute Gasteiger partial charge is 0.182 e. The largest absolute Gasteiger partial charge is 0.376 e. The number of halogens is 2. The zero-order chi connectivity index (χ0) is 10.7. The van der Waals surface area contributed by atoms with Gasteiger partial charge in [-0.3, -0.25) is 0 Å². The lowest BCUT2D eigenvalue weighted by Gasteiger charge is -2.20. The number of anilines is 1. The molecule has 1 aromatic carbocycles. The Hall–Kier alpha value is -0.880. The topological polar surface area (TPSA) is 29.3 Å². The summed E-state index contributed by atoms with van der Waals surface area (Å²) in [4.78, 5) is 1.19. The van der Waals surface area contributed by atoms with Crippen LogP contribution in [0.3, 0.4) is 0 Å². The van der Waals surface area contributed by atoms with Crippen molar-refractivity contribution in [2.24, 2.45) is 5.73 Å². The normalized spacial score (nSPS) is 9.93. The highest BCUT2D eigenvalue weighted by atomic mass is 32.1. The molecule has 1 aromatic rings. The van der Waals surface area contributed by atoms with Gasteiger partial charge in [-0.1, -0.05) is 6.07 Å². The number of rotatable bonds is 2. The second kappa shape index (κ2) is 4.56. The third kappa shape index (κ3) is 2.13. The van der Waals surface area contributed by atoms with E-state index in [1.54, 1.807) is 0 Å². The van der Waals surface area contributed by atoms with Crippen LogP contribution in [-0.4, -0.2) is 11.0 Å². The molecule has 2 N–H and O–H groups in total. The zero-order valence-corrected chi connectivity index (χ0v) is 8.79. The fraction of sp³-hybridized carbons (Fsp3) is 0.125. The summed E-state index contributed by atoms with van der Waals surface area (Å²) >= 11 is 8.58. The quantitative estimate of drug-likeness (QED) is 0.465. The minimum absolute atomic E-state index is 0.00694. The van der Waals surface area contributed by atoms with Crippen LogP contribution in [0.5, 0.6) is 0 Å². The maximum absolute atomic E-state index is 13.2. The Morgan fingerprint density at radius 2 is 2.14 bits per heavy atom. The van der Waals surface area contributed by atoms with Crippen molar-refractivity contribution in [2.45, 2.75) is 0 Å². The van der Waals surface area contributed by atoms with Crippen LogP contribution < -0.4 is 10.6 Å². The van der Waals surface area contributed by atoms with Crippen LogP contribution in [0.25, 0.3) is 0 Å². The molecule has 76 valence electrons. The Bertz CT molecular complexity index is 357. The van der Waals surface area contributed by atoms with Crippen molar-refractivity contribution in [3.05, 3.63) is 29.8 Å². The third-order valence-electron chi connectivity index (χ3n) is 1.63. The standard InChI is InChI=1S/C8H8F2N2S2/c9-5-2-1-3-6(7(5)10)12(4-13)8(11)14/h1-3,13H,4H2,(H2,11,14). The number of benzene rings is 1. The summed E-state index contributed by atoms with van der Waals surface area (Å²) in [7, 11) is 0. The second-order valence-corrected chi connectivity index (χ2v) is 3.18. The van der Waals surface area contributed by atoms with Gasteiger partial charge in [0.25, 0.3) is 0 Å². The molecule has 0 saturated heterocycles. The van der Waals surface area contributed by atoms with Gasteiger partial charge >= 0.3 is 0 Å². The predicted molar refractivity (Wildman–Crippen MR) is 59.5 cm³/mol. The van der Waals surface area contributed by atoms with E-state index in [0.717, 1.165) is 6.07 Å². The summed E-state index contributed by atoms with van der Waals surface area (Å²) in [5, 5.41) is -0.0514. The van der Waals surface area contributed by atoms with Crippen LogP contribution in [0.4, 0.5) is 14.5 Å². The van der Waals surface area contributed by atoms with Gasteiger partial charge in [-0.05, 0) is 24.4 Å². The highest BCUT2D eigenvalue weighted by Crippen LogP contribution is 2.21. The fourth-order valence-corrected chi connectivity index (χ4v) is 1.53. The molecule has 0 spiro atoms. The average molecular weight is 234 g/mol. The van der Waals surface area contributed by atoms with Crippen LogP contribution in [0.2, 0.25) is 0 Å². The maximum Gasteiger partial charge on any atom is 0.182 e. The molecular weight excluding hydrogens is 226 g/mol. The number of nitrogens with two attached hydrogens (primary N) is 1. The van der Waals surface area contributed by atoms with E-state index in [1.807, 2.05) is 0 Å². The van der Waals surface area contributed by atoms with Crippen molar-refractivity contribution in [2.75, 3.05) is 10.8 Å². The van der Waals surface area contributed by atoms with E-state index in [9.17, 15) is 8.78 Å². The number of nitrogens with zero attached hydrogens (tertiary/aromatic N) is 1. The average Bonchev–Trinajstić information content (AvgIpc) is 2.13. The van der Waals surface area contributed by atoms with Crippen molar-refractivity contribution < 1.29 is 8.78 Å². The van der Waals surface area contributed by atoms with Crippen molar-refractivity contribution in [1.29, 1.82) is 0 Å². The second-order valence-electron chi connectivity index (χ2n) is 2.48. The van der Waals surface area contributed by atoms with Gasteiger partial charge < -0.3 is 10.6 Å². The molecule has 0 bridgehead atoms. The van der Waals surface area contributed by atoms with Crippen molar-refractivity contribution in [1.82, 2.24) is 0 Å². The molecule has 2 nitrogen and oxygen atoms in total. The molecule has 0 heterocycles. The Balaban J connectivity index is 3.16. The van der Waals surface area contributed by atoms with Crippen LogP contribution in [-0.2, 0) is 0 Å². The zero-order valence-electron chi connectivity index (χ0n) is 7.08. The molecule has 6 heteroatoms. The minimum Gasteiger partial charge on any atom is -0.376 e. The van der Waals surface area contributed by atoms with E-state index in [1.165, 1.54) is 17.0 Å². The Labute approximate surface area is 91.1 Å². The predicted octanol–water partition coefficient (Wildman–Crippen LogP) is 1.90. The molecule has 1 rings (SSSR count). The van der Waals surface area contributed by atoms with Crippen LogP contribution in [0.1, 0.15) is 0 Å². The van der Waals surface area contributed by atoms with Gasteiger partial charge in [0, 0.05) is 0 Å². The first-order chi connectivity index (χ1) is 6.57. The summed E-state index contributed by atoms with van der Waals surface area (Å²) < 4.78 is 26.1. The highest BCUT2D eigenvalue weighted by Gasteiger charge is 2.15. The lowest BCUT2D eigenvalue weighted by Crippen LogP contribution is -2.35. The molecule has 0 radical (unpaired) electrons. The maximum atomic E-state index is 13.2. The van der Waals surface area contributed by atoms with Crippen LogP contribution >= 0.6 is 24.8 Å². The molecule has 0 fully saturated rings. The molecule has 0 saturated carbocycles. The van der Waals surface area contributed by atoms with Crippen molar-refractivity contribution in [3.63, 3.8) is 0 Å². The molecule has 0 aromatic heterocycles. The van der Waals surface area contributed by atoms with Gasteiger partial charge in [-0.2, -0.15) is 12.6 Å². The number of thiol groups is 1. The van der Waals surface area contributed by atoms with Crippen LogP contribution in [0, 0.1) is 11.6 Å². The summed E-state index contributed by atoms with van der Waals surface area (Å²) in [5.74, 6) is -1.82. The van der Waals surface area contributed by atoms with Gasteiger partial charge in [0.15, 0.2) is 16.7 Å². The number of thiocarbonyl (C=S) groups is 1. The van der Waals surface area contributed by atoms with Gasteiger partial charge in [-0.15, -0.1) is 0 Å². The van der Waals surface area contributed by atoms with E-state index in [-0.39, 0.29) is 16.7 Å². The summed E-state index contributed by atoms with van der Waals surface area (Å²) in [6.45, 7) is 0. The molecular formula is C8H8F2N2S2. The van der Waals surface area contributed by atoms with Crippen molar-refractivity contribution in [3.8, 4) is 0 Å². The minimum atomic E-state index is -0.977. The first-order valence-electron chi connectivity index (χ1n) is 3.69. The summed E-state index contributed by atoms with van der Waals surface area (Å²) in [6.07, 6.45) is 0. The van der Waals surface area contributed by atoms with Gasteiger partial charge in [0.1, 0.15) is 0 Å². The molecule has 0 amide bonds. The summed E-state index contributed by atoms with van der Waals surface area (Å²) in [6, 6.07) is 3.78. The van der Waals surface area contributed by atoms with Gasteiger partial charge in [0.05, 0.1) is 11.6 Å². The first-order valence-corrected chi connectivity index (χ1v) is 4.74. The van der Waals surface area contributed by atoms with Gasteiger partial charge in [-0.25, -0.2) is 8.78 Å². The van der Waals surface area contributed by atoms with Crippen LogP contribution in [0.15, 0.2) is 18.2 Å². The van der Waals surface area contributed by atoms with Crippen molar-refractivity contribution >= 4 is 35.6 Å². The Kier molecular flexibility index (Phi) is 3.65. The van der Waals surface area contributed by atoms with E-state index >= 15 is 0 Å². The molecule has 0 aliphatic rings. The number of hydrogen-bond acceptors (Lipinski definition) is 2. The Morgan fingerprint density at radius 1 is 1.50 bits per heavy atom. The first kappa shape index (κ1) is 11.2. The lowest BCUT2D eigenvalue weighted by molar-refractivity contribution is 0.510. The SMILES string of the molecule is NC(=S)N(CS)c1cccc(F)c1F. The van der Waals surface area contributed by atoms with Gasteiger partial charge in [0.2, 0.25) is 0 Å². The van der Waals surface area contributed by atoms with E-state index in [0.29, 0.717) is 0 Å². The highest BCUT2D eigenvalue weighted by molar-refractivity contribution is 7.81. The summed E-state index contributed by atoms with van der Waals surface area (Å²) in [5.41, 5.74) is 5.31. The van der Waals surface area contributed by atoms with E-state index < -0.39 is 11.6 Å². The monoisotopic (exact) mass is 234 g/mol. The molecule has 0 aliphatic carbocycles. The molecule has 0 unspecified atom stereocenters. The molecule has 0 atom stereocenters. The van der Waals surface area contributed by atoms with E-state index in [4.69, 9.17) is 5.73 Å². The third-order valence-corrected chi connectivity index (χ3v) is 2.13. The lowest BCUT2D eigenvalue weighted by atomic mass is 10.3. The number of hydrogen-bond donors (Lipinski definition) is 2. The molecule has 14 heavy (non-hydrogen) atoms. The molecule has 0 aliphatic heterocycles. The van der Waals surface area contributed by atoms with E-state index in [2.05, 4.69) is 24.8 Å². The Morgan fingerprint density at radius 3 is 2.64 bits per heavy atom.